The second-order valence-corrected chi connectivity index (χ2v) is 7.19. The molecule has 29 heavy (non-hydrogen) atoms. The Morgan fingerprint density at radius 2 is 2.03 bits per heavy atom. The molecular formula is C22H25N5O2. The molecule has 0 aliphatic carbocycles. The van der Waals surface area contributed by atoms with Gasteiger partial charge in [-0.05, 0) is 44.0 Å². The van der Waals surface area contributed by atoms with Gasteiger partial charge in [0, 0.05) is 30.2 Å². The van der Waals surface area contributed by atoms with Crippen LogP contribution >= 0.6 is 0 Å². The molecule has 0 fully saturated rings. The van der Waals surface area contributed by atoms with Gasteiger partial charge in [-0.25, -0.2) is 14.6 Å². The lowest BCUT2D eigenvalue weighted by atomic mass is 10.1. The third-order valence-electron chi connectivity index (χ3n) is 5.13. The van der Waals surface area contributed by atoms with Gasteiger partial charge in [0.05, 0.1) is 36.8 Å². The Balaban J connectivity index is 1.82. The van der Waals surface area contributed by atoms with E-state index in [0.29, 0.717) is 18.7 Å². The molecule has 0 bridgehead atoms. The first-order chi connectivity index (χ1) is 14.0. The Hall–Kier alpha value is -3.19. The lowest BCUT2D eigenvalue weighted by Gasteiger charge is -2.13. The van der Waals surface area contributed by atoms with E-state index in [9.17, 15) is 5.11 Å². The number of aliphatic hydroxyl groups excluding tert-OH is 1. The number of benzene rings is 1. The summed E-state index contributed by atoms with van der Waals surface area (Å²) in [4.78, 5) is 9.76. The van der Waals surface area contributed by atoms with Gasteiger partial charge < -0.3 is 14.4 Å². The summed E-state index contributed by atoms with van der Waals surface area (Å²) >= 11 is 0. The first kappa shape index (κ1) is 19.1. The molecule has 1 atom stereocenters. The van der Waals surface area contributed by atoms with E-state index < -0.39 is 6.10 Å². The number of aliphatic hydroxyl groups is 1. The van der Waals surface area contributed by atoms with E-state index in [-0.39, 0.29) is 0 Å². The molecule has 7 nitrogen and oxygen atoms in total. The van der Waals surface area contributed by atoms with Crippen LogP contribution in [0.15, 0.2) is 42.9 Å². The van der Waals surface area contributed by atoms with Gasteiger partial charge in [-0.15, -0.1) is 0 Å². The molecule has 1 N–H and O–H groups in total. The van der Waals surface area contributed by atoms with Crippen LogP contribution in [0.3, 0.4) is 0 Å². The Labute approximate surface area is 169 Å². The highest BCUT2D eigenvalue weighted by Gasteiger charge is 2.18. The molecule has 0 radical (unpaired) electrons. The quantitative estimate of drug-likeness (QED) is 0.542. The van der Waals surface area contributed by atoms with E-state index >= 15 is 0 Å². The number of methoxy groups -OCH3 is 1. The van der Waals surface area contributed by atoms with Crippen LogP contribution in [0.5, 0.6) is 5.75 Å². The van der Waals surface area contributed by atoms with Crippen molar-refractivity contribution in [1.29, 1.82) is 0 Å². The summed E-state index contributed by atoms with van der Waals surface area (Å²) in [5, 5.41) is 14.3. The molecule has 0 spiro atoms. The summed E-state index contributed by atoms with van der Waals surface area (Å²) in [7, 11) is 1.65. The number of rotatable bonds is 6. The van der Waals surface area contributed by atoms with Gasteiger partial charge in [0.1, 0.15) is 11.3 Å². The second-order valence-electron chi connectivity index (χ2n) is 7.19. The predicted octanol–water partition coefficient (Wildman–Crippen LogP) is 3.68. The Bertz CT molecular complexity index is 1150. The highest BCUT2D eigenvalue weighted by atomic mass is 16.5. The van der Waals surface area contributed by atoms with Crippen molar-refractivity contribution in [2.24, 2.45) is 0 Å². The number of nitrogens with zero attached hydrogens (tertiary/aromatic N) is 5. The fourth-order valence-electron chi connectivity index (χ4n) is 3.52. The number of aryl methyl sites for hydroxylation is 2. The van der Waals surface area contributed by atoms with Gasteiger partial charge >= 0.3 is 0 Å². The zero-order chi connectivity index (χ0) is 20.5. The zero-order valence-corrected chi connectivity index (χ0v) is 17.1. The summed E-state index contributed by atoms with van der Waals surface area (Å²) in [5.74, 6) is 0.716. The summed E-state index contributed by atoms with van der Waals surface area (Å²) in [6.07, 6.45) is 5.94. The van der Waals surface area contributed by atoms with Crippen molar-refractivity contribution in [3.05, 3.63) is 54.1 Å². The lowest BCUT2D eigenvalue weighted by Crippen LogP contribution is -2.14. The zero-order valence-electron chi connectivity index (χ0n) is 17.1. The maximum absolute atomic E-state index is 10.1. The Kier molecular flexibility index (Phi) is 5.07. The van der Waals surface area contributed by atoms with Crippen LogP contribution in [0.25, 0.3) is 28.1 Å². The van der Waals surface area contributed by atoms with Crippen LogP contribution in [-0.4, -0.2) is 42.6 Å². The van der Waals surface area contributed by atoms with Crippen molar-refractivity contribution >= 4 is 11.2 Å². The Morgan fingerprint density at radius 3 is 2.72 bits per heavy atom. The molecule has 1 aromatic carbocycles. The van der Waals surface area contributed by atoms with Gasteiger partial charge in [0.15, 0.2) is 5.65 Å². The largest absolute Gasteiger partial charge is 0.496 e. The molecule has 0 aliphatic heterocycles. The van der Waals surface area contributed by atoms with E-state index in [2.05, 4.69) is 5.10 Å². The highest BCUT2D eigenvalue weighted by Crippen LogP contribution is 2.33. The molecule has 0 unspecified atom stereocenters. The van der Waals surface area contributed by atoms with Gasteiger partial charge in [-0.1, -0.05) is 6.92 Å². The van der Waals surface area contributed by atoms with Crippen LogP contribution in [0, 0.1) is 13.8 Å². The van der Waals surface area contributed by atoms with Crippen LogP contribution in [0.1, 0.15) is 24.6 Å². The number of hydrogen-bond acceptors (Lipinski definition) is 5. The molecule has 150 valence electrons. The summed E-state index contributed by atoms with van der Waals surface area (Å²) in [6.45, 7) is 6.45. The topological polar surface area (TPSA) is 78.0 Å². The third kappa shape index (κ3) is 3.49. The van der Waals surface area contributed by atoms with E-state index in [4.69, 9.17) is 14.7 Å². The molecular weight excluding hydrogens is 366 g/mol. The van der Waals surface area contributed by atoms with Gasteiger partial charge in [-0.3, -0.25) is 0 Å². The highest BCUT2D eigenvalue weighted by molar-refractivity contribution is 5.81. The molecule has 7 heteroatoms. The fraction of sp³-hybridized carbons (Fsp3) is 0.318. The van der Waals surface area contributed by atoms with E-state index in [1.807, 2.05) is 62.0 Å². The summed E-state index contributed by atoms with van der Waals surface area (Å²) in [5.41, 5.74) is 6.07. The third-order valence-corrected chi connectivity index (χ3v) is 5.13. The number of aromatic nitrogens is 5. The van der Waals surface area contributed by atoms with Gasteiger partial charge in [-0.2, -0.15) is 5.10 Å². The van der Waals surface area contributed by atoms with Crippen molar-refractivity contribution in [3.63, 3.8) is 0 Å². The van der Waals surface area contributed by atoms with Gasteiger partial charge in [0.25, 0.3) is 0 Å². The smallest absolute Gasteiger partial charge is 0.159 e. The monoisotopic (exact) mass is 391 g/mol. The molecule has 4 aromatic rings. The normalized spacial score (nSPS) is 12.4. The van der Waals surface area contributed by atoms with E-state index in [0.717, 1.165) is 39.4 Å². The lowest BCUT2D eigenvalue weighted by molar-refractivity contribution is 0.151. The van der Waals surface area contributed by atoms with Gasteiger partial charge in [0.2, 0.25) is 0 Å². The van der Waals surface area contributed by atoms with Crippen molar-refractivity contribution in [1.82, 2.24) is 24.3 Å². The van der Waals surface area contributed by atoms with Crippen LogP contribution in [-0.2, 0) is 6.54 Å². The van der Waals surface area contributed by atoms with Crippen molar-refractivity contribution in [2.75, 3.05) is 7.11 Å². The molecule has 0 aliphatic rings. The van der Waals surface area contributed by atoms with Crippen LogP contribution in [0.2, 0.25) is 0 Å². The van der Waals surface area contributed by atoms with E-state index in [1.165, 1.54) is 0 Å². The number of ether oxygens (including phenoxy) is 1. The summed E-state index contributed by atoms with van der Waals surface area (Å²) in [6, 6.07) is 7.81. The predicted molar refractivity (Wildman–Crippen MR) is 112 cm³/mol. The van der Waals surface area contributed by atoms with E-state index in [1.54, 1.807) is 18.0 Å². The average molecular weight is 391 g/mol. The van der Waals surface area contributed by atoms with Crippen LogP contribution in [0.4, 0.5) is 0 Å². The first-order valence-corrected chi connectivity index (χ1v) is 9.72. The Morgan fingerprint density at radius 1 is 1.21 bits per heavy atom. The standard InChI is InChI=1S/C22H25N5O2/c1-5-17(28)13-26-12-14(2)20-22(26)24-15(3)21(25-20)18-8-7-16(11-19(18)29-4)27-10-6-9-23-27/h6-12,17,28H,5,13H2,1-4H3/t17-/m1/s1. The second kappa shape index (κ2) is 7.67. The maximum Gasteiger partial charge on any atom is 0.159 e. The molecule has 4 rings (SSSR count). The molecule has 0 amide bonds. The number of fused-ring (bicyclic) bond motifs is 1. The summed E-state index contributed by atoms with van der Waals surface area (Å²) < 4.78 is 9.44. The van der Waals surface area contributed by atoms with Crippen molar-refractivity contribution < 1.29 is 9.84 Å². The average Bonchev–Trinajstić information content (AvgIpc) is 3.36. The SMILES string of the molecule is CC[C@@H](O)Cn1cc(C)c2nc(-c3ccc(-n4cccn4)cc3OC)c(C)nc21. The fourth-order valence-corrected chi connectivity index (χ4v) is 3.52. The minimum absolute atomic E-state index is 0.401. The van der Waals surface area contributed by atoms with Crippen molar-refractivity contribution in [2.45, 2.75) is 39.8 Å². The molecule has 0 saturated carbocycles. The number of hydrogen-bond donors (Lipinski definition) is 1. The maximum atomic E-state index is 10.1. The van der Waals surface area contributed by atoms with Crippen molar-refractivity contribution in [3.8, 4) is 22.7 Å². The van der Waals surface area contributed by atoms with Crippen LogP contribution < -0.4 is 4.74 Å². The molecule has 3 heterocycles. The molecule has 0 saturated heterocycles. The molecule has 3 aromatic heterocycles. The minimum atomic E-state index is -0.401. The minimum Gasteiger partial charge on any atom is -0.496 e. The first-order valence-electron chi connectivity index (χ1n) is 9.72.